The highest BCUT2D eigenvalue weighted by Gasteiger charge is 2.11. The molecule has 0 bridgehead atoms. The maximum atomic E-state index is 11.4. The van der Waals surface area contributed by atoms with Gasteiger partial charge in [0.25, 0.3) is 0 Å². The Morgan fingerprint density at radius 2 is 2.00 bits per heavy atom. The van der Waals surface area contributed by atoms with E-state index in [2.05, 4.69) is 17.6 Å². The van der Waals surface area contributed by atoms with Crippen LogP contribution in [-0.4, -0.2) is 37.6 Å². The predicted molar refractivity (Wildman–Crippen MR) is 59.1 cm³/mol. The van der Waals surface area contributed by atoms with Gasteiger partial charge in [-0.05, 0) is 13.3 Å². The first-order valence-corrected chi connectivity index (χ1v) is 5.85. The van der Waals surface area contributed by atoms with E-state index in [4.69, 9.17) is 0 Å². The van der Waals surface area contributed by atoms with Gasteiger partial charge >= 0.3 is 0 Å². The lowest BCUT2D eigenvalue weighted by Crippen LogP contribution is -2.37. The van der Waals surface area contributed by atoms with Crippen molar-refractivity contribution in [3.05, 3.63) is 0 Å². The standard InChI is InChI=1S/C9H20N2OS/c1-7(5-10-3)9(12)11-6-8(2)13-4/h7-8,10H,5-6H2,1-4H3,(H,11,12). The van der Waals surface area contributed by atoms with Gasteiger partial charge in [-0.3, -0.25) is 4.79 Å². The van der Waals surface area contributed by atoms with Crippen LogP contribution in [0.15, 0.2) is 0 Å². The van der Waals surface area contributed by atoms with Crippen molar-refractivity contribution in [3.63, 3.8) is 0 Å². The molecule has 78 valence electrons. The van der Waals surface area contributed by atoms with Crippen molar-refractivity contribution >= 4 is 17.7 Å². The lowest BCUT2D eigenvalue weighted by molar-refractivity contribution is -0.124. The van der Waals surface area contributed by atoms with Crippen molar-refractivity contribution in [1.29, 1.82) is 0 Å². The summed E-state index contributed by atoms with van der Waals surface area (Å²) >= 11 is 1.76. The third kappa shape index (κ3) is 5.93. The monoisotopic (exact) mass is 204 g/mol. The SMILES string of the molecule is CNCC(C)C(=O)NCC(C)SC. The normalized spacial score (nSPS) is 15.1. The number of hydrogen-bond acceptors (Lipinski definition) is 3. The molecule has 4 heteroatoms. The third-order valence-corrected chi connectivity index (χ3v) is 2.90. The zero-order valence-electron chi connectivity index (χ0n) is 8.89. The summed E-state index contributed by atoms with van der Waals surface area (Å²) in [6.07, 6.45) is 2.05. The molecule has 2 unspecified atom stereocenters. The molecule has 0 aliphatic carbocycles. The molecule has 1 amide bonds. The molecule has 0 aliphatic heterocycles. The van der Waals surface area contributed by atoms with Gasteiger partial charge < -0.3 is 10.6 Å². The van der Waals surface area contributed by atoms with E-state index in [-0.39, 0.29) is 11.8 Å². The minimum absolute atomic E-state index is 0.0547. The van der Waals surface area contributed by atoms with E-state index in [0.717, 1.165) is 13.1 Å². The fourth-order valence-corrected chi connectivity index (χ4v) is 1.15. The molecule has 2 N–H and O–H groups in total. The van der Waals surface area contributed by atoms with E-state index in [1.54, 1.807) is 11.8 Å². The fraction of sp³-hybridized carbons (Fsp3) is 0.889. The lowest BCUT2D eigenvalue weighted by atomic mass is 10.1. The summed E-state index contributed by atoms with van der Waals surface area (Å²) in [7, 11) is 1.86. The van der Waals surface area contributed by atoms with Crippen LogP contribution >= 0.6 is 11.8 Å². The summed E-state index contributed by atoms with van der Waals surface area (Å²) in [6.45, 7) is 5.52. The van der Waals surface area contributed by atoms with Gasteiger partial charge in [0.1, 0.15) is 0 Å². The predicted octanol–water partition coefficient (Wildman–Crippen LogP) is 0.710. The van der Waals surface area contributed by atoms with Gasteiger partial charge in [-0.2, -0.15) is 11.8 Å². The average molecular weight is 204 g/mol. The van der Waals surface area contributed by atoms with E-state index in [1.165, 1.54) is 0 Å². The van der Waals surface area contributed by atoms with E-state index in [0.29, 0.717) is 5.25 Å². The summed E-state index contributed by atoms with van der Waals surface area (Å²) in [6, 6.07) is 0. The molecule has 0 radical (unpaired) electrons. The highest BCUT2D eigenvalue weighted by Crippen LogP contribution is 2.03. The van der Waals surface area contributed by atoms with Crippen LogP contribution in [0.3, 0.4) is 0 Å². The second-order valence-electron chi connectivity index (χ2n) is 3.25. The summed E-state index contributed by atoms with van der Waals surface area (Å²) in [5.41, 5.74) is 0. The molecule has 0 spiro atoms. The first kappa shape index (κ1) is 12.8. The van der Waals surface area contributed by atoms with Crippen LogP contribution in [0.4, 0.5) is 0 Å². The Morgan fingerprint density at radius 3 is 2.46 bits per heavy atom. The molecule has 3 nitrogen and oxygen atoms in total. The van der Waals surface area contributed by atoms with Gasteiger partial charge in [0.15, 0.2) is 0 Å². The Kier molecular flexibility index (Phi) is 7.09. The summed E-state index contributed by atoms with van der Waals surface area (Å²) in [5, 5.41) is 6.39. The maximum absolute atomic E-state index is 11.4. The smallest absolute Gasteiger partial charge is 0.224 e. The first-order valence-electron chi connectivity index (χ1n) is 4.57. The Hall–Kier alpha value is -0.220. The van der Waals surface area contributed by atoms with Crippen LogP contribution in [0, 0.1) is 5.92 Å². The Labute approximate surface area is 85.0 Å². The Morgan fingerprint density at radius 1 is 1.38 bits per heavy atom. The van der Waals surface area contributed by atoms with Gasteiger partial charge in [0.05, 0.1) is 0 Å². The highest BCUT2D eigenvalue weighted by atomic mass is 32.2. The first-order chi connectivity index (χ1) is 6.11. The Balaban J connectivity index is 3.61. The number of carbonyl (C=O) groups is 1. The molecular formula is C9H20N2OS. The summed E-state index contributed by atoms with van der Waals surface area (Å²) < 4.78 is 0. The zero-order valence-corrected chi connectivity index (χ0v) is 9.70. The molecule has 0 saturated heterocycles. The molecular weight excluding hydrogens is 184 g/mol. The number of carbonyl (C=O) groups excluding carboxylic acids is 1. The average Bonchev–Trinajstić information content (AvgIpc) is 2.13. The second-order valence-corrected chi connectivity index (χ2v) is 4.53. The number of thioether (sulfide) groups is 1. The van der Waals surface area contributed by atoms with Gasteiger partial charge in [0.2, 0.25) is 5.91 Å². The molecule has 0 fully saturated rings. The number of rotatable bonds is 6. The number of amides is 1. The van der Waals surface area contributed by atoms with Crippen molar-refractivity contribution in [2.24, 2.45) is 5.92 Å². The largest absolute Gasteiger partial charge is 0.355 e. The van der Waals surface area contributed by atoms with Crippen molar-refractivity contribution in [3.8, 4) is 0 Å². The second kappa shape index (κ2) is 7.21. The van der Waals surface area contributed by atoms with Crippen molar-refractivity contribution in [2.45, 2.75) is 19.1 Å². The van der Waals surface area contributed by atoms with Gasteiger partial charge in [-0.25, -0.2) is 0 Å². The molecule has 13 heavy (non-hydrogen) atoms. The molecule has 2 atom stereocenters. The Bertz CT molecular complexity index is 153. The van der Waals surface area contributed by atoms with Crippen LogP contribution < -0.4 is 10.6 Å². The lowest BCUT2D eigenvalue weighted by Gasteiger charge is -2.13. The molecule has 0 aromatic rings. The number of nitrogens with one attached hydrogen (secondary N) is 2. The van der Waals surface area contributed by atoms with Crippen LogP contribution in [0.25, 0.3) is 0 Å². The molecule has 0 aromatic heterocycles. The van der Waals surface area contributed by atoms with E-state index >= 15 is 0 Å². The highest BCUT2D eigenvalue weighted by molar-refractivity contribution is 7.99. The molecule has 0 rings (SSSR count). The van der Waals surface area contributed by atoms with E-state index in [1.807, 2.05) is 20.2 Å². The van der Waals surface area contributed by atoms with Crippen LogP contribution in [-0.2, 0) is 4.79 Å². The van der Waals surface area contributed by atoms with Crippen LogP contribution in [0.5, 0.6) is 0 Å². The minimum atomic E-state index is 0.0547. The third-order valence-electron chi connectivity index (χ3n) is 1.92. The van der Waals surface area contributed by atoms with Crippen LogP contribution in [0.2, 0.25) is 0 Å². The zero-order chi connectivity index (χ0) is 10.3. The number of hydrogen-bond donors (Lipinski definition) is 2. The van der Waals surface area contributed by atoms with Gasteiger partial charge in [-0.15, -0.1) is 0 Å². The summed E-state index contributed by atoms with van der Waals surface area (Å²) in [4.78, 5) is 11.4. The van der Waals surface area contributed by atoms with Crippen molar-refractivity contribution < 1.29 is 4.79 Å². The van der Waals surface area contributed by atoms with Crippen LogP contribution in [0.1, 0.15) is 13.8 Å². The topological polar surface area (TPSA) is 41.1 Å². The maximum Gasteiger partial charge on any atom is 0.224 e. The molecule has 0 aliphatic rings. The van der Waals surface area contributed by atoms with E-state index < -0.39 is 0 Å². The molecule has 0 heterocycles. The van der Waals surface area contributed by atoms with E-state index in [9.17, 15) is 4.79 Å². The van der Waals surface area contributed by atoms with Gasteiger partial charge in [0, 0.05) is 24.3 Å². The molecule has 0 aromatic carbocycles. The van der Waals surface area contributed by atoms with Crippen molar-refractivity contribution in [1.82, 2.24) is 10.6 Å². The van der Waals surface area contributed by atoms with Crippen molar-refractivity contribution in [2.75, 3.05) is 26.4 Å². The minimum Gasteiger partial charge on any atom is -0.355 e. The molecule has 0 saturated carbocycles. The fourth-order valence-electron chi connectivity index (χ4n) is 0.901. The van der Waals surface area contributed by atoms with Gasteiger partial charge in [-0.1, -0.05) is 13.8 Å². The quantitative estimate of drug-likeness (QED) is 0.669. The summed E-state index contributed by atoms with van der Waals surface area (Å²) in [5.74, 6) is 0.189.